The average Bonchev–Trinajstić information content (AvgIpc) is 2.41. The van der Waals surface area contributed by atoms with Gasteiger partial charge < -0.3 is 9.15 Å². The van der Waals surface area contributed by atoms with E-state index < -0.39 is 0 Å². The van der Waals surface area contributed by atoms with Gasteiger partial charge in [0.05, 0.1) is 19.5 Å². The van der Waals surface area contributed by atoms with Crippen LogP contribution < -0.4 is 5.32 Å². The normalized spacial score (nSPS) is 10.1. The van der Waals surface area contributed by atoms with Crippen LogP contribution in [0.5, 0.6) is 0 Å². The summed E-state index contributed by atoms with van der Waals surface area (Å²) in [7, 11) is 1.65. The molecule has 0 amide bonds. The van der Waals surface area contributed by atoms with Crippen molar-refractivity contribution in [3.05, 3.63) is 24.2 Å². The summed E-state index contributed by atoms with van der Waals surface area (Å²) >= 11 is 0. The lowest BCUT2D eigenvalue weighted by Crippen LogP contribution is -2.15. The summed E-state index contributed by atoms with van der Waals surface area (Å²) in [6.07, 6.45) is 1.66. The summed E-state index contributed by atoms with van der Waals surface area (Å²) in [4.78, 5) is 0. The van der Waals surface area contributed by atoms with Crippen LogP contribution in [0.1, 0.15) is 5.76 Å². The lowest BCUT2D eigenvalue weighted by atomic mass is 10.4. The Hall–Kier alpha value is -0.800. The fourth-order valence-corrected chi connectivity index (χ4v) is 0.689. The van der Waals surface area contributed by atoms with Gasteiger partial charge >= 0.3 is 0 Å². The van der Waals surface area contributed by atoms with Gasteiger partial charge in [-0.05, 0) is 12.1 Å². The third-order valence-corrected chi connectivity index (χ3v) is 1.13. The summed E-state index contributed by atoms with van der Waals surface area (Å²) in [5.41, 5.74) is 0. The molecule has 3 heteroatoms. The van der Waals surface area contributed by atoms with Crippen LogP contribution in [-0.2, 0) is 11.3 Å². The minimum Gasteiger partial charge on any atom is -0.468 e. The summed E-state index contributed by atoms with van der Waals surface area (Å²) < 4.78 is 9.85. The summed E-state index contributed by atoms with van der Waals surface area (Å²) in [6.45, 7) is 1.28. The van der Waals surface area contributed by atoms with E-state index in [0.717, 1.165) is 12.3 Å². The number of nitrogens with one attached hydrogen (secondary N) is 1. The number of hydrogen-bond donors (Lipinski definition) is 1. The second kappa shape index (κ2) is 4.09. The van der Waals surface area contributed by atoms with Crippen LogP contribution in [0.3, 0.4) is 0 Å². The van der Waals surface area contributed by atoms with Crippen LogP contribution >= 0.6 is 0 Å². The monoisotopic (exact) mass is 141 g/mol. The first kappa shape index (κ1) is 7.31. The molecule has 56 valence electrons. The van der Waals surface area contributed by atoms with Crippen molar-refractivity contribution in [2.75, 3.05) is 13.8 Å². The maximum absolute atomic E-state index is 5.06. The highest BCUT2D eigenvalue weighted by atomic mass is 16.5. The Balaban J connectivity index is 2.15. The topological polar surface area (TPSA) is 34.4 Å². The van der Waals surface area contributed by atoms with E-state index in [9.17, 15) is 0 Å². The highest BCUT2D eigenvalue weighted by Crippen LogP contribution is 1.97. The molecule has 0 radical (unpaired) electrons. The van der Waals surface area contributed by atoms with E-state index in [0.29, 0.717) is 6.73 Å². The fraction of sp³-hybridized carbons (Fsp3) is 0.429. The lowest BCUT2D eigenvalue weighted by Gasteiger charge is -1.98. The molecule has 0 saturated carbocycles. The molecule has 0 atom stereocenters. The van der Waals surface area contributed by atoms with Gasteiger partial charge in [-0.15, -0.1) is 0 Å². The van der Waals surface area contributed by atoms with Gasteiger partial charge in [-0.2, -0.15) is 0 Å². The highest BCUT2D eigenvalue weighted by Gasteiger charge is 1.91. The van der Waals surface area contributed by atoms with Gasteiger partial charge in [-0.1, -0.05) is 0 Å². The quantitative estimate of drug-likeness (QED) is 0.501. The first-order chi connectivity index (χ1) is 4.93. The molecule has 10 heavy (non-hydrogen) atoms. The van der Waals surface area contributed by atoms with E-state index in [1.165, 1.54) is 0 Å². The Kier molecular flexibility index (Phi) is 2.99. The van der Waals surface area contributed by atoms with E-state index >= 15 is 0 Å². The third kappa shape index (κ3) is 2.21. The predicted molar refractivity (Wildman–Crippen MR) is 37.4 cm³/mol. The van der Waals surface area contributed by atoms with E-state index in [1.807, 2.05) is 12.1 Å². The van der Waals surface area contributed by atoms with Crippen molar-refractivity contribution in [3.8, 4) is 0 Å². The maximum Gasteiger partial charge on any atom is 0.117 e. The van der Waals surface area contributed by atoms with Gasteiger partial charge in [0.1, 0.15) is 5.76 Å². The molecule has 0 aliphatic carbocycles. The van der Waals surface area contributed by atoms with Crippen LogP contribution in [0.4, 0.5) is 0 Å². The third-order valence-electron chi connectivity index (χ3n) is 1.13. The summed E-state index contributed by atoms with van der Waals surface area (Å²) in [5.74, 6) is 0.928. The fourth-order valence-electron chi connectivity index (χ4n) is 0.689. The molecule has 1 aromatic rings. The molecular weight excluding hydrogens is 130 g/mol. The van der Waals surface area contributed by atoms with Gasteiger partial charge in [0, 0.05) is 7.11 Å². The van der Waals surface area contributed by atoms with E-state index in [2.05, 4.69) is 5.32 Å². The number of methoxy groups -OCH3 is 1. The van der Waals surface area contributed by atoms with Gasteiger partial charge in [-0.25, -0.2) is 0 Å². The number of ether oxygens (including phenoxy) is 1. The predicted octanol–water partition coefficient (Wildman–Crippen LogP) is 0.973. The second-order valence-corrected chi connectivity index (χ2v) is 1.94. The molecule has 0 aliphatic heterocycles. The van der Waals surface area contributed by atoms with Gasteiger partial charge in [0.15, 0.2) is 0 Å². The Labute approximate surface area is 60.0 Å². The van der Waals surface area contributed by atoms with Crippen LogP contribution in [-0.4, -0.2) is 13.8 Å². The van der Waals surface area contributed by atoms with Gasteiger partial charge in [-0.3, -0.25) is 5.32 Å². The van der Waals surface area contributed by atoms with Crippen molar-refractivity contribution in [3.63, 3.8) is 0 Å². The molecule has 0 fully saturated rings. The Morgan fingerprint density at radius 2 is 2.60 bits per heavy atom. The zero-order valence-corrected chi connectivity index (χ0v) is 5.96. The van der Waals surface area contributed by atoms with Gasteiger partial charge in [0.25, 0.3) is 0 Å². The smallest absolute Gasteiger partial charge is 0.117 e. The van der Waals surface area contributed by atoms with E-state index in [-0.39, 0.29) is 0 Å². The van der Waals surface area contributed by atoms with E-state index in [4.69, 9.17) is 9.15 Å². The molecule has 1 N–H and O–H groups in total. The van der Waals surface area contributed by atoms with Crippen molar-refractivity contribution < 1.29 is 9.15 Å². The highest BCUT2D eigenvalue weighted by molar-refractivity contribution is 4.97. The molecular formula is C7H11NO2. The zero-order valence-electron chi connectivity index (χ0n) is 5.96. The zero-order chi connectivity index (χ0) is 7.23. The van der Waals surface area contributed by atoms with Crippen molar-refractivity contribution >= 4 is 0 Å². The molecule has 1 heterocycles. The molecule has 0 aromatic carbocycles. The Morgan fingerprint density at radius 3 is 3.20 bits per heavy atom. The first-order valence-corrected chi connectivity index (χ1v) is 3.15. The number of hydrogen-bond acceptors (Lipinski definition) is 3. The number of furan rings is 1. The standard InChI is InChI=1S/C7H11NO2/c1-9-6-8-5-7-3-2-4-10-7/h2-4,8H,5-6H2,1H3. The van der Waals surface area contributed by atoms with Crippen molar-refractivity contribution in [1.82, 2.24) is 5.32 Å². The van der Waals surface area contributed by atoms with Crippen LogP contribution in [0.15, 0.2) is 22.8 Å². The summed E-state index contributed by atoms with van der Waals surface area (Å²) in [5, 5.41) is 3.02. The minimum atomic E-state index is 0.556. The van der Waals surface area contributed by atoms with Gasteiger partial charge in [0.2, 0.25) is 0 Å². The summed E-state index contributed by atoms with van der Waals surface area (Å²) in [6, 6.07) is 3.78. The average molecular weight is 141 g/mol. The first-order valence-electron chi connectivity index (χ1n) is 3.15. The lowest BCUT2D eigenvalue weighted by molar-refractivity contribution is 0.172. The van der Waals surface area contributed by atoms with Crippen LogP contribution in [0, 0.1) is 0 Å². The van der Waals surface area contributed by atoms with Crippen molar-refractivity contribution in [2.45, 2.75) is 6.54 Å². The molecule has 0 bridgehead atoms. The van der Waals surface area contributed by atoms with Crippen molar-refractivity contribution in [2.24, 2.45) is 0 Å². The Morgan fingerprint density at radius 1 is 1.70 bits per heavy atom. The molecule has 0 unspecified atom stereocenters. The minimum absolute atomic E-state index is 0.556. The Bertz CT molecular complexity index is 160. The van der Waals surface area contributed by atoms with Crippen molar-refractivity contribution in [1.29, 1.82) is 0 Å². The SMILES string of the molecule is COCNCc1ccco1. The molecule has 0 aliphatic rings. The second-order valence-electron chi connectivity index (χ2n) is 1.94. The molecule has 0 spiro atoms. The van der Waals surface area contributed by atoms with E-state index in [1.54, 1.807) is 13.4 Å². The molecule has 3 nitrogen and oxygen atoms in total. The molecule has 0 saturated heterocycles. The molecule has 1 aromatic heterocycles. The molecule has 1 rings (SSSR count). The largest absolute Gasteiger partial charge is 0.468 e. The van der Waals surface area contributed by atoms with Crippen LogP contribution in [0.2, 0.25) is 0 Å². The number of rotatable bonds is 4. The van der Waals surface area contributed by atoms with Crippen LogP contribution in [0.25, 0.3) is 0 Å². The maximum atomic E-state index is 5.06.